The number of carboxylic acid groups (broad SMARTS) is 1. The minimum Gasteiger partial charge on any atom is -0.480 e. The number of amides is 2. The molecule has 2 amide bonds. The van der Waals surface area contributed by atoms with E-state index in [0.29, 0.717) is 24.8 Å². The molecule has 31 heavy (non-hydrogen) atoms. The second-order valence-electron chi connectivity index (χ2n) is 9.03. The standard InChI is InChI=1S/C22H35N5O4/c1-15(23)21(30)27(13-20(28)29)22(31)19-10-17(16-6-3-2-4-7-16)12-26(19)9-5-8-18-11-24-14-25-18/h11,14-17,19H,2-10,12-13,23H2,1H3,(H,24,25)(H,28,29)/t15-,17?,19-/m0/s1. The Labute approximate surface area is 183 Å². The van der Waals surface area contributed by atoms with Crippen molar-refractivity contribution in [2.45, 2.75) is 70.4 Å². The normalized spacial score (nSPS) is 23.5. The predicted molar refractivity (Wildman–Crippen MR) is 115 cm³/mol. The first kappa shape index (κ1) is 23.4. The van der Waals surface area contributed by atoms with Gasteiger partial charge in [0, 0.05) is 18.4 Å². The predicted octanol–water partition coefficient (Wildman–Crippen LogP) is 1.40. The summed E-state index contributed by atoms with van der Waals surface area (Å²) in [7, 11) is 0. The van der Waals surface area contributed by atoms with Crippen molar-refractivity contribution in [1.82, 2.24) is 19.8 Å². The summed E-state index contributed by atoms with van der Waals surface area (Å²) in [6, 6.07) is -1.40. The van der Waals surface area contributed by atoms with E-state index in [1.54, 1.807) is 12.5 Å². The van der Waals surface area contributed by atoms with E-state index in [4.69, 9.17) is 5.73 Å². The minimum absolute atomic E-state index is 0.401. The molecule has 2 aliphatic rings. The Balaban J connectivity index is 1.73. The summed E-state index contributed by atoms with van der Waals surface area (Å²) < 4.78 is 0. The number of H-pyrrole nitrogens is 1. The number of hydrogen-bond donors (Lipinski definition) is 3. The molecule has 9 heteroatoms. The van der Waals surface area contributed by atoms with Crippen molar-refractivity contribution in [2.24, 2.45) is 17.6 Å². The second kappa shape index (κ2) is 10.9. The molecule has 0 aromatic carbocycles. The molecule has 1 aliphatic carbocycles. The summed E-state index contributed by atoms with van der Waals surface area (Å²) in [5, 5.41) is 9.27. The minimum atomic E-state index is -1.21. The van der Waals surface area contributed by atoms with Crippen molar-refractivity contribution < 1.29 is 19.5 Å². The van der Waals surface area contributed by atoms with E-state index >= 15 is 0 Å². The van der Waals surface area contributed by atoms with Gasteiger partial charge in [-0.2, -0.15) is 0 Å². The zero-order valence-electron chi connectivity index (χ0n) is 18.3. The van der Waals surface area contributed by atoms with E-state index in [2.05, 4.69) is 14.9 Å². The summed E-state index contributed by atoms with van der Waals surface area (Å²) in [6.07, 6.45) is 11.9. The van der Waals surface area contributed by atoms with E-state index in [1.807, 2.05) is 0 Å². The van der Waals surface area contributed by atoms with Crippen LogP contribution in [0.1, 0.15) is 57.6 Å². The number of nitrogens with one attached hydrogen (secondary N) is 1. The van der Waals surface area contributed by atoms with Gasteiger partial charge in [0.25, 0.3) is 0 Å². The molecule has 172 valence electrons. The highest BCUT2D eigenvalue weighted by atomic mass is 16.4. The maximum absolute atomic E-state index is 13.4. The highest BCUT2D eigenvalue weighted by Gasteiger charge is 2.43. The first-order chi connectivity index (χ1) is 14.9. The van der Waals surface area contributed by atoms with Crippen molar-refractivity contribution >= 4 is 17.8 Å². The number of rotatable bonds is 9. The average molecular weight is 434 g/mol. The van der Waals surface area contributed by atoms with Crippen LogP contribution in [0.15, 0.2) is 12.5 Å². The van der Waals surface area contributed by atoms with Crippen LogP contribution in [0.25, 0.3) is 0 Å². The lowest BCUT2D eigenvalue weighted by Gasteiger charge is -2.29. The fourth-order valence-electron chi connectivity index (χ4n) is 5.11. The van der Waals surface area contributed by atoms with Crippen LogP contribution < -0.4 is 5.73 Å². The van der Waals surface area contributed by atoms with Gasteiger partial charge in [0.2, 0.25) is 11.8 Å². The van der Waals surface area contributed by atoms with Crippen LogP contribution in [0, 0.1) is 11.8 Å². The maximum atomic E-state index is 13.4. The number of aromatic nitrogens is 2. The molecule has 0 radical (unpaired) electrons. The Kier molecular flexibility index (Phi) is 8.20. The molecule has 1 unspecified atom stereocenters. The first-order valence-corrected chi connectivity index (χ1v) is 11.4. The number of hydrogen-bond acceptors (Lipinski definition) is 6. The lowest BCUT2D eigenvalue weighted by Crippen LogP contribution is -2.53. The van der Waals surface area contributed by atoms with Gasteiger partial charge in [-0.05, 0) is 44.6 Å². The highest BCUT2D eigenvalue weighted by molar-refractivity contribution is 6.02. The number of carboxylic acids is 1. The number of aryl methyl sites for hydroxylation is 1. The van der Waals surface area contributed by atoms with Crippen LogP contribution in [-0.2, 0) is 20.8 Å². The molecule has 2 fully saturated rings. The Morgan fingerprint density at radius 1 is 1.29 bits per heavy atom. The molecule has 1 saturated heterocycles. The van der Waals surface area contributed by atoms with Gasteiger partial charge in [-0.1, -0.05) is 32.1 Å². The molecule has 1 aliphatic heterocycles. The van der Waals surface area contributed by atoms with Gasteiger partial charge in [-0.25, -0.2) is 4.98 Å². The largest absolute Gasteiger partial charge is 0.480 e. The zero-order valence-corrected chi connectivity index (χ0v) is 18.3. The molecule has 3 atom stereocenters. The first-order valence-electron chi connectivity index (χ1n) is 11.4. The van der Waals surface area contributed by atoms with Crippen molar-refractivity contribution in [2.75, 3.05) is 19.6 Å². The zero-order chi connectivity index (χ0) is 22.4. The van der Waals surface area contributed by atoms with E-state index in [0.717, 1.165) is 30.0 Å². The molecule has 1 aromatic rings. The number of aliphatic carboxylic acids is 1. The van der Waals surface area contributed by atoms with Gasteiger partial charge in [-0.15, -0.1) is 0 Å². The van der Waals surface area contributed by atoms with Gasteiger partial charge in [0.05, 0.1) is 18.4 Å². The molecule has 1 saturated carbocycles. The summed E-state index contributed by atoms with van der Waals surface area (Å²) in [6.45, 7) is 2.36. The quantitative estimate of drug-likeness (QED) is 0.536. The molecular weight excluding hydrogens is 398 g/mol. The number of carbonyl (C=O) groups excluding carboxylic acids is 2. The molecule has 0 spiro atoms. The van der Waals surface area contributed by atoms with Crippen molar-refractivity contribution in [1.29, 1.82) is 0 Å². The van der Waals surface area contributed by atoms with Crippen LogP contribution >= 0.6 is 0 Å². The Morgan fingerprint density at radius 3 is 2.65 bits per heavy atom. The number of carbonyl (C=O) groups is 3. The van der Waals surface area contributed by atoms with Gasteiger partial charge < -0.3 is 15.8 Å². The molecule has 4 N–H and O–H groups in total. The fraction of sp³-hybridized carbons (Fsp3) is 0.727. The smallest absolute Gasteiger partial charge is 0.323 e. The van der Waals surface area contributed by atoms with E-state index < -0.39 is 36.4 Å². The Bertz CT molecular complexity index is 745. The van der Waals surface area contributed by atoms with E-state index in [9.17, 15) is 19.5 Å². The summed E-state index contributed by atoms with van der Waals surface area (Å²) in [5.41, 5.74) is 6.75. The third kappa shape index (κ3) is 6.13. The summed E-state index contributed by atoms with van der Waals surface area (Å²) >= 11 is 0. The highest BCUT2D eigenvalue weighted by Crippen LogP contribution is 2.38. The topological polar surface area (TPSA) is 133 Å². The lowest BCUT2D eigenvalue weighted by atomic mass is 9.79. The molecule has 1 aromatic heterocycles. The molecule has 3 rings (SSSR count). The number of likely N-dealkylation sites (tertiary alicyclic amines) is 1. The van der Waals surface area contributed by atoms with Gasteiger partial charge in [0.15, 0.2) is 0 Å². The van der Waals surface area contributed by atoms with Gasteiger partial charge >= 0.3 is 5.97 Å². The number of imidazole rings is 1. The second-order valence-corrected chi connectivity index (χ2v) is 9.03. The maximum Gasteiger partial charge on any atom is 0.323 e. The van der Waals surface area contributed by atoms with Gasteiger partial charge in [-0.3, -0.25) is 24.2 Å². The van der Waals surface area contributed by atoms with Crippen molar-refractivity contribution in [3.8, 4) is 0 Å². The molecule has 0 bridgehead atoms. The summed E-state index contributed by atoms with van der Waals surface area (Å²) in [5.74, 6) is -1.28. The third-order valence-electron chi connectivity index (χ3n) is 6.70. The van der Waals surface area contributed by atoms with Gasteiger partial charge in [0.1, 0.15) is 6.54 Å². The molecule has 2 heterocycles. The Hall–Kier alpha value is -2.26. The van der Waals surface area contributed by atoms with Crippen LogP contribution in [0.3, 0.4) is 0 Å². The number of aromatic amines is 1. The average Bonchev–Trinajstić information content (AvgIpc) is 3.42. The SMILES string of the molecule is C[C@H](N)C(=O)N(CC(=O)O)C(=O)[C@@H]1CC(C2CCCCC2)CN1CCCc1cnc[nH]1. The number of nitrogens with zero attached hydrogens (tertiary/aromatic N) is 3. The monoisotopic (exact) mass is 433 g/mol. The fourth-order valence-corrected chi connectivity index (χ4v) is 5.11. The van der Waals surface area contributed by atoms with E-state index in [1.165, 1.54) is 39.0 Å². The number of nitrogens with two attached hydrogens (primary N) is 1. The third-order valence-corrected chi connectivity index (χ3v) is 6.70. The van der Waals surface area contributed by atoms with Crippen LogP contribution in [0.4, 0.5) is 0 Å². The number of imide groups is 1. The van der Waals surface area contributed by atoms with Crippen molar-refractivity contribution in [3.05, 3.63) is 18.2 Å². The molecular formula is C22H35N5O4. The summed E-state index contributed by atoms with van der Waals surface area (Å²) in [4.78, 5) is 47.4. The molecule has 9 nitrogen and oxygen atoms in total. The Morgan fingerprint density at radius 2 is 2.03 bits per heavy atom. The van der Waals surface area contributed by atoms with Crippen LogP contribution in [0.5, 0.6) is 0 Å². The van der Waals surface area contributed by atoms with E-state index in [-0.39, 0.29) is 0 Å². The van der Waals surface area contributed by atoms with Crippen LogP contribution in [-0.4, -0.2) is 74.4 Å². The lowest BCUT2D eigenvalue weighted by molar-refractivity contribution is -0.155. The van der Waals surface area contributed by atoms with Crippen molar-refractivity contribution in [3.63, 3.8) is 0 Å². The van der Waals surface area contributed by atoms with Crippen LogP contribution in [0.2, 0.25) is 0 Å².